The summed E-state index contributed by atoms with van der Waals surface area (Å²) in [6.45, 7) is 2.80. The van der Waals surface area contributed by atoms with Crippen molar-refractivity contribution in [3.8, 4) is 0 Å². The van der Waals surface area contributed by atoms with Crippen LogP contribution >= 0.6 is 12.2 Å². The van der Waals surface area contributed by atoms with Crippen LogP contribution < -0.4 is 5.73 Å². The van der Waals surface area contributed by atoms with E-state index in [0.29, 0.717) is 30.9 Å². The van der Waals surface area contributed by atoms with Gasteiger partial charge >= 0.3 is 0 Å². The van der Waals surface area contributed by atoms with Crippen molar-refractivity contribution in [2.45, 2.75) is 25.4 Å². The molecule has 1 heterocycles. The second-order valence-electron chi connectivity index (χ2n) is 5.30. The molecule has 1 fully saturated rings. The Bertz CT molecular complexity index is 497. The second kappa shape index (κ2) is 5.27. The Morgan fingerprint density at radius 2 is 2.11 bits per heavy atom. The lowest BCUT2D eigenvalue weighted by atomic mass is 10.1. The molecule has 2 rings (SSSR count). The van der Waals surface area contributed by atoms with Crippen molar-refractivity contribution in [3.63, 3.8) is 0 Å². The topological polar surface area (TPSA) is 66.6 Å². The number of carbonyl (C=O) groups is 1. The van der Waals surface area contributed by atoms with Crippen LogP contribution in [0.25, 0.3) is 0 Å². The quantitative estimate of drug-likeness (QED) is 0.804. The molecule has 1 aromatic rings. The first-order valence-corrected chi connectivity index (χ1v) is 6.67. The molecule has 1 aromatic carbocycles. The minimum atomic E-state index is -0.745. The SMILES string of the molecule is CC1(O)CCN(C(=O)Cc2ccc(C(N)=S)cc2)C1. The van der Waals surface area contributed by atoms with Crippen LogP contribution in [0, 0.1) is 0 Å². The average molecular weight is 278 g/mol. The van der Waals surface area contributed by atoms with Gasteiger partial charge < -0.3 is 15.7 Å². The molecule has 19 heavy (non-hydrogen) atoms. The number of benzene rings is 1. The van der Waals surface area contributed by atoms with Gasteiger partial charge in [-0.25, -0.2) is 0 Å². The molecule has 1 aliphatic heterocycles. The zero-order chi connectivity index (χ0) is 14.0. The molecular weight excluding hydrogens is 260 g/mol. The number of amides is 1. The van der Waals surface area contributed by atoms with Gasteiger partial charge in [0, 0.05) is 18.7 Å². The Labute approximate surface area is 118 Å². The summed E-state index contributed by atoms with van der Waals surface area (Å²) in [5.41, 5.74) is 6.51. The van der Waals surface area contributed by atoms with Crippen LogP contribution in [0.5, 0.6) is 0 Å². The van der Waals surface area contributed by atoms with Gasteiger partial charge in [0.05, 0.1) is 12.0 Å². The number of aliphatic hydroxyl groups is 1. The summed E-state index contributed by atoms with van der Waals surface area (Å²) in [4.78, 5) is 14.2. The predicted molar refractivity (Wildman–Crippen MR) is 77.9 cm³/mol. The van der Waals surface area contributed by atoms with Gasteiger partial charge in [-0.1, -0.05) is 36.5 Å². The fraction of sp³-hybridized carbons (Fsp3) is 0.429. The lowest BCUT2D eigenvalue weighted by Crippen LogP contribution is -2.34. The van der Waals surface area contributed by atoms with E-state index in [1.807, 2.05) is 24.3 Å². The van der Waals surface area contributed by atoms with Crippen LogP contribution in [0.3, 0.4) is 0 Å². The predicted octanol–water partition coefficient (Wildman–Crippen LogP) is 0.847. The molecule has 1 saturated heterocycles. The molecule has 0 aliphatic carbocycles. The Morgan fingerprint density at radius 3 is 2.58 bits per heavy atom. The molecule has 0 radical (unpaired) electrons. The highest BCUT2D eigenvalue weighted by atomic mass is 32.1. The Hall–Kier alpha value is -1.46. The molecule has 0 saturated carbocycles. The van der Waals surface area contributed by atoms with Crippen molar-refractivity contribution in [2.75, 3.05) is 13.1 Å². The van der Waals surface area contributed by atoms with Gasteiger partial charge in [0.2, 0.25) is 5.91 Å². The van der Waals surface area contributed by atoms with Crippen molar-refractivity contribution in [1.82, 2.24) is 4.90 Å². The summed E-state index contributed by atoms with van der Waals surface area (Å²) in [6.07, 6.45) is 0.979. The van der Waals surface area contributed by atoms with E-state index in [1.54, 1.807) is 11.8 Å². The fourth-order valence-electron chi connectivity index (χ4n) is 2.23. The highest BCUT2D eigenvalue weighted by molar-refractivity contribution is 7.80. The normalized spacial score (nSPS) is 22.5. The van der Waals surface area contributed by atoms with E-state index in [1.165, 1.54) is 0 Å². The summed E-state index contributed by atoms with van der Waals surface area (Å²) >= 11 is 4.88. The van der Waals surface area contributed by atoms with Gasteiger partial charge in [-0.3, -0.25) is 4.79 Å². The van der Waals surface area contributed by atoms with Gasteiger partial charge in [0.25, 0.3) is 0 Å². The largest absolute Gasteiger partial charge is 0.389 e. The summed E-state index contributed by atoms with van der Waals surface area (Å²) in [5.74, 6) is 0.0425. The standard InChI is InChI=1S/C14H18N2O2S/c1-14(18)6-7-16(9-14)12(17)8-10-2-4-11(5-3-10)13(15)19/h2-5,18H,6-9H2,1H3,(H2,15,19). The Balaban J connectivity index is 1.98. The average Bonchev–Trinajstić information content (AvgIpc) is 2.70. The molecule has 5 heteroatoms. The lowest BCUT2D eigenvalue weighted by molar-refractivity contribution is -0.130. The fourth-order valence-corrected chi connectivity index (χ4v) is 2.37. The maximum Gasteiger partial charge on any atom is 0.227 e. The van der Waals surface area contributed by atoms with Gasteiger partial charge in [-0.2, -0.15) is 0 Å². The van der Waals surface area contributed by atoms with Crippen molar-refractivity contribution in [2.24, 2.45) is 5.73 Å². The lowest BCUT2D eigenvalue weighted by Gasteiger charge is -2.19. The van der Waals surface area contributed by atoms with Crippen molar-refractivity contribution >= 4 is 23.1 Å². The molecule has 4 nitrogen and oxygen atoms in total. The summed E-state index contributed by atoms with van der Waals surface area (Å²) in [7, 11) is 0. The first-order chi connectivity index (χ1) is 8.87. The van der Waals surface area contributed by atoms with Gasteiger partial charge in [0.15, 0.2) is 0 Å². The van der Waals surface area contributed by atoms with Crippen molar-refractivity contribution in [1.29, 1.82) is 0 Å². The maximum atomic E-state index is 12.1. The number of hydrogen-bond acceptors (Lipinski definition) is 3. The van der Waals surface area contributed by atoms with Crippen LogP contribution in [0.4, 0.5) is 0 Å². The number of β-amino-alcohol motifs (C(OH)–C–C–N with tert-alkyl or cyclic N) is 1. The molecule has 0 bridgehead atoms. The molecular formula is C14H18N2O2S. The first kappa shape index (κ1) is 14.0. The molecule has 1 unspecified atom stereocenters. The Kier molecular flexibility index (Phi) is 3.87. The summed E-state index contributed by atoms with van der Waals surface area (Å²) in [5, 5.41) is 9.86. The highest BCUT2D eigenvalue weighted by Gasteiger charge is 2.33. The van der Waals surface area contributed by atoms with E-state index in [-0.39, 0.29) is 5.91 Å². The molecule has 102 valence electrons. The van der Waals surface area contributed by atoms with E-state index in [0.717, 1.165) is 11.1 Å². The monoisotopic (exact) mass is 278 g/mol. The third-order valence-electron chi connectivity index (χ3n) is 3.40. The molecule has 0 aromatic heterocycles. The van der Waals surface area contributed by atoms with Crippen LogP contribution in [-0.4, -0.2) is 39.6 Å². The van der Waals surface area contributed by atoms with E-state index in [4.69, 9.17) is 18.0 Å². The van der Waals surface area contributed by atoms with Crippen LogP contribution in [0.2, 0.25) is 0 Å². The number of hydrogen-bond donors (Lipinski definition) is 2. The number of rotatable bonds is 3. The second-order valence-corrected chi connectivity index (χ2v) is 5.74. The molecule has 1 atom stereocenters. The number of carbonyl (C=O) groups excluding carboxylic acids is 1. The zero-order valence-corrected chi connectivity index (χ0v) is 11.7. The smallest absolute Gasteiger partial charge is 0.227 e. The highest BCUT2D eigenvalue weighted by Crippen LogP contribution is 2.21. The van der Waals surface area contributed by atoms with E-state index < -0.39 is 5.60 Å². The summed E-state index contributed by atoms with van der Waals surface area (Å²) < 4.78 is 0. The van der Waals surface area contributed by atoms with Crippen LogP contribution in [-0.2, 0) is 11.2 Å². The first-order valence-electron chi connectivity index (χ1n) is 6.26. The van der Waals surface area contributed by atoms with Crippen LogP contribution in [0.15, 0.2) is 24.3 Å². The van der Waals surface area contributed by atoms with E-state index >= 15 is 0 Å². The van der Waals surface area contributed by atoms with Gasteiger partial charge in [0.1, 0.15) is 4.99 Å². The van der Waals surface area contributed by atoms with Gasteiger partial charge in [-0.15, -0.1) is 0 Å². The third kappa shape index (κ3) is 3.52. The number of thiocarbonyl (C=S) groups is 1. The number of nitrogens with two attached hydrogens (primary N) is 1. The molecule has 1 amide bonds. The molecule has 1 aliphatic rings. The molecule has 0 spiro atoms. The van der Waals surface area contributed by atoms with E-state index in [2.05, 4.69) is 0 Å². The minimum absolute atomic E-state index is 0.0425. The van der Waals surface area contributed by atoms with Crippen molar-refractivity contribution in [3.05, 3.63) is 35.4 Å². The zero-order valence-electron chi connectivity index (χ0n) is 10.9. The third-order valence-corrected chi connectivity index (χ3v) is 3.63. The Morgan fingerprint density at radius 1 is 1.47 bits per heavy atom. The maximum absolute atomic E-state index is 12.1. The number of nitrogens with zero attached hydrogens (tertiary/aromatic N) is 1. The molecule has 3 N–H and O–H groups in total. The van der Waals surface area contributed by atoms with Crippen LogP contribution in [0.1, 0.15) is 24.5 Å². The van der Waals surface area contributed by atoms with Gasteiger partial charge in [-0.05, 0) is 18.9 Å². The summed E-state index contributed by atoms with van der Waals surface area (Å²) in [6, 6.07) is 7.37. The minimum Gasteiger partial charge on any atom is -0.389 e. The van der Waals surface area contributed by atoms with E-state index in [9.17, 15) is 9.90 Å². The number of likely N-dealkylation sites (tertiary alicyclic amines) is 1. The van der Waals surface area contributed by atoms with Crippen molar-refractivity contribution < 1.29 is 9.90 Å².